The predicted molar refractivity (Wildman–Crippen MR) is 191 cm³/mol. The molecular formula is C42H24N4O2. The number of fused-ring (bicyclic) bond motifs is 7. The lowest BCUT2D eigenvalue weighted by molar-refractivity contribution is 0.668. The molecule has 4 aromatic heterocycles. The first-order valence-electron chi connectivity index (χ1n) is 15.8. The lowest BCUT2D eigenvalue weighted by Gasteiger charge is -2.09. The second-order valence-corrected chi connectivity index (χ2v) is 11.8. The number of nitrogens with zero attached hydrogens (tertiary/aromatic N) is 4. The minimum atomic E-state index is 0.554. The van der Waals surface area contributed by atoms with E-state index in [-0.39, 0.29) is 0 Å². The summed E-state index contributed by atoms with van der Waals surface area (Å²) in [6, 6.07) is 46.8. The van der Waals surface area contributed by atoms with Crippen molar-refractivity contribution in [2.45, 2.75) is 0 Å². The molecule has 224 valence electrons. The molecule has 6 aromatic carbocycles. The second-order valence-electron chi connectivity index (χ2n) is 11.8. The van der Waals surface area contributed by atoms with Gasteiger partial charge in [0, 0.05) is 39.2 Å². The summed E-state index contributed by atoms with van der Waals surface area (Å²) >= 11 is 0. The molecule has 0 unspecified atom stereocenters. The summed E-state index contributed by atoms with van der Waals surface area (Å²) in [7, 11) is 0. The van der Waals surface area contributed by atoms with Gasteiger partial charge in [-0.15, -0.1) is 0 Å². The quantitative estimate of drug-likeness (QED) is 0.196. The van der Waals surface area contributed by atoms with Crippen LogP contribution < -0.4 is 0 Å². The highest BCUT2D eigenvalue weighted by molar-refractivity contribution is 6.19. The Morgan fingerprint density at radius 1 is 0.417 bits per heavy atom. The number of hydrogen-bond acceptors (Lipinski definition) is 6. The molecule has 6 nitrogen and oxygen atoms in total. The summed E-state index contributed by atoms with van der Waals surface area (Å²) in [5, 5.41) is 5.27. The van der Waals surface area contributed by atoms with Crippen LogP contribution in [-0.4, -0.2) is 19.9 Å². The van der Waals surface area contributed by atoms with Crippen LogP contribution >= 0.6 is 0 Å². The zero-order valence-corrected chi connectivity index (χ0v) is 25.5. The average Bonchev–Trinajstić information content (AvgIpc) is 3.72. The monoisotopic (exact) mass is 616 g/mol. The van der Waals surface area contributed by atoms with Gasteiger partial charge in [0.2, 0.25) is 0 Å². The van der Waals surface area contributed by atoms with Gasteiger partial charge in [0.1, 0.15) is 22.3 Å². The number of hydrogen-bond donors (Lipinski definition) is 0. The van der Waals surface area contributed by atoms with Crippen molar-refractivity contribution in [1.82, 2.24) is 19.9 Å². The molecule has 10 rings (SSSR count). The molecule has 4 heterocycles. The molecule has 0 radical (unpaired) electrons. The van der Waals surface area contributed by atoms with Crippen molar-refractivity contribution in [3.63, 3.8) is 0 Å². The van der Waals surface area contributed by atoms with Gasteiger partial charge < -0.3 is 8.83 Å². The Balaban J connectivity index is 1.22. The van der Waals surface area contributed by atoms with E-state index in [2.05, 4.69) is 36.4 Å². The van der Waals surface area contributed by atoms with Crippen LogP contribution in [-0.2, 0) is 0 Å². The van der Waals surface area contributed by atoms with Gasteiger partial charge in [0.25, 0.3) is 0 Å². The standard InChI is InChI=1S/C42H24N4O2/c1-3-11-25(12-4-1)40-44-41(26-13-5-2-6-14-26)46-42(45-40)31-18-10-20-34-37(31)38-39(48-34)30(21-22-43-38)29-17-9-19-33-36(29)32-23-27-15-7-8-16-28(27)24-35(32)47-33/h1-24H. The third-order valence-electron chi connectivity index (χ3n) is 8.97. The van der Waals surface area contributed by atoms with Crippen molar-refractivity contribution in [2.75, 3.05) is 0 Å². The molecule has 0 N–H and O–H groups in total. The molecule has 6 heteroatoms. The molecule has 0 saturated heterocycles. The summed E-state index contributed by atoms with van der Waals surface area (Å²) in [5.74, 6) is 1.76. The number of benzene rings is 6. The molecule has 0 aliphatic carbocycles. The molecule has 10 aromatic rings. The van der Waals surface area contributed by atoms with Gasteiger partial charge in [-0.2, -0.15) is 0 Å². The Hall–Kier alpha value is -6.66. The first kappa shape index (κ1) is 26.5. The van der Waals surface area contributed by atoms with Gasteiger partial charge in [-0.1, -0.05) is 109 Å². The normalized spacial score (nSPS) is 11.8. The zero-order valence-electron chi connectivity index (χ0n) is 25.5. The molecule has 0 spiro atoms. The number of furan rings is 2. The number of pyridine rings is 1. The van der Waals surface area contributed by atoms with Crippen molar-refractivity contribution in [3.05, 3.63) is 146 Å². The van der Waals surface area contributed by atoms with Gasteiger partial charge in [0.15, 0.2) is 23.1 Å². The molecule has 0 bridgehead atoms. The van der Waals surface area contributed by atoms with E-state index >= 15 is 0 Å². The minimum absolute atomic E-state index is 0.554. The van der Waals surface area contributed by atoms with Crippen molar-refractivity contribution in [2.24, 2.45) is 0 Å². The average molecular weight is 617 g/mol. The second kappa shape index (κ2) is 10.4. The van der Waals surface area contributed by atoms with Crippen LogP contribution in [0.15, 0.2) is 155 Å². The molecule has 0 aliphatic heterocycles. The van der Waals surface area contributed by atoms with Crippen LogP contribution in [0.25, 0.3) is 100 Å². The molecule has 0 fully saturated rings. The fourth-order valence-corrected chi connectivity index (χ4v) is 6.76. The van der Waals surface area contributed by atoms with Crippen molar-refractivity contribution < 1.29 is 8.83 Å². The zero-order chi connectivity index (χ0) is 31.6. The van der Waals surface area contributed by atoms with Crippen LogP contribution in [0.4, 0.5) is 0 Å². The van der Waals surface area contributed by atoms with Crippen LogP contribution in [0.3, 0.4) is 0 Å². The fourth-order valence-electron chi connectivity index (χ4n) is 6.76. The lowest BCUT2D eigenvalue weighted by atomic mass is 9.98. The third kappa shape index (κ3) is 4.13. The molecule has 0 aliphatic rings. The Morgan fingerprint density at radius 2 is 1.02 bits per heavy atom. The maximum absolute atomic E-state index is 6.67. The van der Waals surface area contributed by atoms with Gasteiger partial charge in [-0.25, -0.2) is 15.0 Å². The highest BCUT2D eigenvalue weighted by Gasteiger charge is 2.22. The van der Waals surface area contributed by atoms with E-state index in [9.17, 15) is 0 Å². The van der Waals surface area contributed by atoms with E-state index in [1.54, 1.807) is 0 Å². The van der Waals surface area contributed by atoms with Crippen molar-refractivity contribution >= 4 is 54.8 Å². The van der Waals surface area contributed by atoms with Crippen molar-refractivity contribution in [3.8, 4) is 45.3 Å². The van der Waals surface area contributed by atoms with Crippen LogP contribution in [0.1, 0.15) is 0 Å². The van der Waals surface area contributed by atoms with Gasteiger partial charge in [0.05, 0.1) is 5.39 Å². The summed E-state index contributed by atoms with van der Waals surface area (Å²) in [6.45, 7) is 0. The van der Waals surface area contributed by atoms with E-state index in [4.69, 9.17) is 28.8 Å². The van der Waals surface area contributed by atoms with Gasteiger partial charge in [-0.3, -0.25) is 4.98 Å². The molecule has 48 heavy (non-hydrogen) atoms. The van der Waals surface area contributed by atoms with E-state index in [1.807, 2.05) is 109 Å². The van der Waals surface area contributed by atoms with Crippen LogP contribution in [0, 0.1) is 0 Å². The highest BCUT2D eigenvalue weighted by Crippen LogP contribution is 2.43. The Kier molecular flexibility index (Phi) is 5.77. The SMILES string of the molecule is c1ccc(-c2nc(-c3ccccc3)nc(-c3cccc4oc5c(-c6cccc7oc8cc9ccccc9cc8c67)ccnc5c34)n2)cc1. The fraction of sp³-hybridized carbons (Fsp3) is 0. The molecule has 0 saturated carbocycles. The largest absolute Gasteiger partial charge is 0.456 e. The Morgan fingerprint density at radius 3 is 1.73 bits per heavy atom. The molecule has 0 atom stereocenters. The Bertz CT molecular complexity index is 2780. The highest BCUT2D eigenvalue weighted by atomic mass is 16.3. The maximum Gasteiger partial charge on any atom is 0.164 e. The summed E-state index contributed by atoms with van der Waals surface area (Å²) < 4.78 is 13.1. The number of rotatable bonds is 4. The first-order valence-corrected chi connectivity index (χ1v) is 15.8. The smallest absolute Gasteiger partial charge is 0.164 e. The first-order chi connectivity index (χ1) is 23.8. The lowest BCUT2D eigenvalue weighted by Crippen LogP contribution is -2.00. The topological polar surface area (TPSA) is 77.8 Å². The van der Waals surface area contributed by atoms with E-state index in [0.717, 1.165) is 71.4 Å². The third-order valence-corrected chi connectivity index (χ3v) is 8.97. The van der Waals surface area contributed by atoms with Crippen LogP contribution in [0.2, 0.25) is 0 Å². The van der Waals surface area contributed by atoms with E-state index in [1.165, 1.54) is 0 Å². The maximum atomic E-state index is 6.67. The predicted octanol–water partition coefficient (Wildman–Crippen LogP) is 10.9. The summed E-state index contributed by atoms with van der Waals surface area (Å²) in [4.78, 5) is 19.8. The summed E-state index contributed by atoms with van der Waals surface area (Å²) in [5.41, 5.74) is 8.44. The van der Waals surface area contributed by atoms with E-state index < -0.39 is 0 Å². The van der Waals surface area contributed by atoms with Crippen LogP contribution in [0.5, 0.6) is 0 Å². The minimum Gasteiger partial charge on any atom is -0.456 e. The molecular weight excluding hydrogens is 592 g/mol. The number of aromatic nitrogens is 4. The molecule has 0 amide bonds. The Labute approximate surface area is 274 Å². The van der Waals surface area contributed by atoms with E-state index in [0.29, 0.717) is 28.6 Å². The summed E-state index contributed by atoms with van der Waals surface area (Å²) in [6.07, 6.45) is 1.85. The van der Waals surface area contributed by atoms with Gasteiger partial charge >= 0.3 is 0 Å². The van der Waals surface area contributed by atoms with Gasteiger partial charge in [-0.05, 0) is 46.7 Å². The van der Waals surface area contributed by atoms with Crippen molar-refractivity contribution in [1.29, 1.82) is 0 Å².